The van der Waals surface area contributed by atoms with E-state index in [1.165, 1.54) is 12.1 Å². The Morgan fingerprint density at radius 1 is 1.10 bits per heavy atom. The van der Waals surface area contributed by atoms with Gasteiger partial charge in [0.2, 0.25) is 11.8 Å². The fraction of sp³-hybridized carbons (Fsp3) is 0.0435. The Bertz CT molecular complexity index is 1200. The van der Waals surface area contributed by atoms with E-state index in [2.05, 4.69) is 10.3 Å². The highest BCUT2D eigenvalue weighted by atomic mass is 19.1. The van der Waals surface area contributed by atoms with E-state index >= 15 is 0 Å². The molecule has 4 rings (SSSR count). The number of carbonyl (C=O) groups excluding carboxylic acids is 1. The van der Waals surface area contributed by atoms with Crippen molar-refractivity contribution in [3.63, 3.8) is 0 Å². The first-order valence-corrected chi connectivity index (χ1v) is 8.91. The first-order chi connectivity index (χ1) is 14.1. The van der Waals surface area contributed by atoms with Gasteiger partial charge in [-0.15, -0.1) is 0 Å². The van der Waals surface area contributed by atoms with E-state index in [1.807, 2.05) is 24.3 Å². The summed E-state index contributed by atoms with van der Waals surface area (Å²) in [4.78, 5) is 16.5. The molecule has 5 nitrogen and oxygen atoms in total. The second kappa shape index (κ2) is 7.98. The van der Waals surface area contributed by atoms with Gasteiger partial charge in [-0.2, -0.15) is 0 Å². The standard InChI is InChI=1S/C23H17FN2O3/c1-28-17-10-6-15(7-11-17)8-13-22(27)25-16-9-12-21-20(14-16)26-23(29-21)18-4-2-3-5-19(18)24/h2-14H,1H3,(H,25,27). The van der Waals surface area contributed by atoms with Gasteiger partial charge < -0.3 is 14.5 Å². The van der Waals surface area contributed by atoms with Crippen LogP contribution in [0, 0.1) is 5.82 Å². The zero-order chi connectivity index (χ0) is 20.2. The summed E-state index contributed by atoms with van der Waals surface area (Å²) in [6, 6.07) is 18.7. The topological polar surface area (TPSA) is 64.4 Å². The number of nitrogens with zero attached hydrogens (tertiary/aromatic N) is 1. The van der Waals surface area contributed by atoms with Gasteiger partial charge in [0.15, 0.2) is 5.58 Å². The van der Waals surface area contributed by atoms with Gasteiger partial charge >= 0.3 is 0 Å². The molecule has 0 saturated carbocycles. The van der Waals surface area contributed by atoms with Crippen LogP contribution in [0.25, 0.3) is 28.6 Å². The molecule has 4 aromatic rings. The van der Waals surface area contributed by atoms with Crippen LogP contribution in [-0.2, 0) is 4.79 Å². The number of hydrogen-bond acceptors (Lipinski definition) is 4. The van der Waals surface area contributed by atoms with Crippen LogP contribution < -0.4 is 10.1 Å². The Kier molecular flexibility index (Phi) is 5.07. The van der Waals surface area contributed by atoms with Crippen molar-refractivity contribution in [3.05, 3.63) is 84.2 Å². The van der Waals surface area contributed by atoms with E-state index in [4.69, 9.17) is 9.15 Å². The van der Waals surface area contributed by atoms with Crippen molar-refractivity contribution >= 4 is 28.8 Å². The van der Waals surface area contributed by atoms with E-state index in [0.29, 0.717) is 16.8 Å². The van der Waals surface area contributed by atoms with Crippen LogP contribution in [-0.4, -0.2) is 18.0 Å². The Morgan fingerprint density at radius 2 is 1.90 bits per heavy atom. The molecule has 0 spiro atoms. The van der Waals surface area contributed by atoms with Crippen LogP contribution in [0.4, 0.5) is 10.1 Å². The number of oxazole rings is 1. The van der Waals surface area contributed by atoms with Crippen LogP contribution in [0.2, 0.25) is 0 Å². The number of carbonyl (C=O) groups is 1. The van der Waals surface area contributed by atoms with Gasteiger partial charge in [-0.05, 0) is 54.1 Å². The molecule has 0 aliphatic rings. The maximum absolute atomic E-state index is 14.0. The van der Waals surface area contributed by atoms with Crippen molar-refractivity contribution in [2.75, 3.05) is 12.4 Å². The fourth-order valence-corrected chi connectivity index (χ4v) is 2.83. The average Bonchev–Trinajstić information content (AvgIpc) is 3.16. The number of ether oxygens (including phenoxy) is 1. The van der Waals surface area contributed by atoms with Crippen molar-refractivity contribution < 1.29 is 18.3 Å². The molecule has 6 heteroatoms. The summed E-state index contributed by atoms with van der Waals surface area (Å²) in [5, 5.41) is 2.78. The third-order valence-electron chi connectivity index (χ3n) is 4.30. The fourth-order valence-electron chi connectivity index (χ4n) is 2.83. The second-order valence-corrected chi connectivity index (χ2v) is 6.28. The number of halogens is 1. The van der Waals surface area contributed by atoms with Crippen molar-refractivity contribution in [1.29, 1.82) is 0 Å². The molecule has 0 unspecified atom stereocenters. The predicted octanol–water partition coefficient (Wildman–Crippen LogP) is 5.29. The molecule has 0 atom stereocenters. The minimum Gasteiger partial charge on any atom is -0.497 e. The quantitative estimate of drug-likeness (QED) is 0.472. The number of anilines is 1. The van der Waals surface area contributed by atoms with Crippen molar-refractivity contribution in [1.82, 2.24) is 4.98 Å². The molecule has 1 N–H and O–H groups in total. The molecule has 1 heterocycles. The summed E-state index contributed by atoms with van der Waals surface area (Å²) >= 11 is 0. The highest BCUT2D eigenvalue weighted by molar-refractivity contribution is 6.02. The molecular formula is C23H17FN2O3. The Labute approximate surface area is 166 Å². The third-order valence-corrected chi connectivity index (χ3v) is 4.30. The van der Waals surface area contributed by atoms with Gasteiger partial charge in [0.05, 0.1) is 12.7 Å². The molecule has 1 amide bonds. The van der Waals surface area contributed by atoms with E-state index in [0.717, 1.165) is 11.3 Å². The molecule has 0 fully saturated rings. The summed E-state index contributed by atoms with van der Waals surface area (Å²) in [6.07, 6.45) is 3.15. The summed E-state index contributed by atoms with van der Waals surface area (Å²) in [6.45, 7) is 0. The van der Waals surface area contributed by atoms with Gasteiger partial charge in [0, 0.05) is 11.8 Å². The highest BCUT2D eigenvalue weighted by Crippen LogP contribution is 2.27. The molecule has 3 aromatic carbocycles. The molecule has 0 aliphatic carbocycles. The number of methoxy groups -OCH3 is 1. The SMILES string of the molecule is COc1ccc(C=CC(=O)Nc2ccc3oc(-c4ccccc4F)nc3c2)cc1. The second-order valence-electron chi connectivity index (χ2n) is 6.28. The molecule has 0 saturated heterocycles. The van der Waals surface area contributed by atoms with Crippen molar-refractivity contribution in [2.24, 2.45) is 0 Å². The van der Waals surface area contributed by atoms with Gasteiger partial charge in [-0.25, -0.2) is 9.37 Å². The van der Waals surface area contributed by atoms with Crippen LogP contribution in [0.3, 0.4) is 0 Å². The summed E-state index contributed by atoms with van der Waals surface area (Å²) in [7, 11) is 1.60. The molecule has 144 valence electrons. The maximum atomic E-state index is 14.0. The third kappa shape index (κ3) is 4.16. The highest BCUT2D eigenvalue weighted by Gasteiger charge is 2.12. The smallest absolute Gasteiger partial charge is 0.248 e. The van der Waals surface area contributed by atoms with Gasteiger partial charge in [-0.1, -0.05) is 24.3 Å². The number of rotatable bonds is 5. The zero-order valence-electron chi connectivity index (χ0n) is 15.6. The zero-order valence-corrected chi connectivity index (χ0v) is 15.6. The van der Waals surface area contributed by atoms with Gasteiger partial charge in [0.1, 0.15) is 17.1 Å². The molecule has 0 radical (unpaired) electrons. The summed E-state index contributed by atoms with van der Waals surface area (Å²) in [5.74, 6) is 0.262. The van der Waals surface area contributed by atoms with E-state index in [-0.39, 0.29) is 17.4 Å². The van der Waals surface area contributed by atoms with Crippen LogP contribution in [0.5, 0.6) is 5.75 Å². The minimum atomic E-state index is -0.406. The lowest BCUT2D eigenvalue weighted by Crippen LogP contribution is -2.07. The predicted molar refractivity (Wildman–Crippen MR) is 110 cm³/mol. The van der Waals surface area contributed by atoms with Crippen LogP contribution >= 0.6 is 0 Å². The maximum Gasteiger partial charge on any atom is 0.248 e. The Morgan fingerprint density at radius 3 is 2.66 bits per heavy atom. The summed E-state index contributed by atoms with van der Waals surface area (Å²) < 4.78 is 24.7. The number of aromatic nitrogens is 1. The monoisotopic (exact) mass is 388 g/mol. The molecule has 1 aromatic heterocycles. The normalized spacial score (nSPS) is 11.1. The number of nitrogens with one attached hydrogen (secondary N) is 1. The van der Waals surface area contributed by atoms with Gasteiger partial charge in [-0.3, -0.25) is 4.79 Å². The molecule has 0 bridgehead atoms. The molecule has 29 heavy (non-hydrogen) atoms. The van der Waals surface area contributed by atoms with Crippen molar-refractivity contribution in [2.45, 2.75) is 0 Å². The largest absolute Gasteiger partial charge is 0.497 e. The van der Waals surface area contributed by atoms with E-state index in [9.17, 15) is 9.18 Å². The number of amides is 1. The molecule has 0 aliphatic heterocycles. The lowest BCUT2D eigenvalue weighted by molar-refractivity contribution is -0.111. The number of benzene rings is 3. The summed E-state index contributed by atoms with van der Waals surface area (Å²) in [5.41, 5.74) is 2.77. The Hall–Kier alpha value is -3.93. The van der Waals surface area contributed by atoms with Gasteiger partial charge in [0.25, 0.3) is 0 Å². The van der Waals surface area contributed by atoms with Crippen LogP contribution in [0.1, 0.15) is 5.56 Å². The van der Waals surface area contributed by atoms with Crippen LogP contribution in [0.15, 0.2) is 77.2 Å². The Balaban J connectivity index is 1.49. The first-order valence-electron chi connectivity index (χ1n) is 8.91. The average molecular weight is 388 g/mol. The lowest BCUT2D eigenvalue weighted by Gasteiger charge is -2.02. The van der Waals surface area contributed by atoms with Crippen molar-refractivity contribution in [3.8, 4) is 17.2 Å². The first kappa shape index (κ1) is 18.4. The number of fused-ring (bicyclic) bond motifs is 1. The molecular weight excluding hydrogens is 371 g/mol. The van der Waals surface area contributed by atoms with E-state index < -0.39 is 5.82 Å². The lowest BCUT2D eigenvalue weighted by atomic mass is 10.2. The van der Waals surface area contributed by atoms with E-state index in [1.54, 1.807) is 49.6 Å². The minimum absolute atomic E-state index is 0.195. The number of hydrogen-bond donors (Lipinski definition) is 1.